The van der Waals surface area contributed by atoms with Gasteiger partial charge in [-0.05, 0) is 44.8 Å². The summed E-state index contributed by atoms with van der Waals surface area (Å²) in [6.45, 7) is 6.79. The Bertz CT molecular complexity index is 356. The van der Waals surface area contributed by atoms with E-state index in [0.29, 0.717) is 0 Å². The molecule has 0 aliphatic carbocycles. The van der Waals surface area contributed by atoms with Crippen LogP contribution in [0.5, 0.6) is 0 Å². The van der Waals surface area contributed by atoms with Gasteiger partial charge in [-0.25, -0.2) is 0 Å². The first kappa shape index (κ1) is 11.2. The molecule has 94 valence electrons. The van der Waals surface area contributed by atoms with Crippen molar-refractivity contribution < 1.29 is 0 Å². The molecule has 1 N–H and O–H groups in total. The summed E-state index contributed by atoms with van der Waals surface area (Å²) in [5, 5.41) is 11.6. The van der Waals surface area contributed by atoms with Gasteiger partial charge >= 0.3 is 0 Å². The summed E-state index contributed by atoms with van der Waals surface area (Å²) in [4.78, 5) is 2.51. The van der Waals surface area contributed by atoms with Gasteiger partial charge in [0.15, 0.2) is 0 Å². The van der Waals surface area contributed by atoms with Crippen molar-refractivity contribution in [1.82, 2.24) is 25.0 Å². The molecule has 17 heavy (non-hydrogen) atoms. The molecule has 2 aliphatic heterocycles. The number of hydrogen-bond acceptors (Lipinski definition) is 4. The first-order chi connectivity index (χ1) is 8.42. The lowest BCUT2D eigenvalue weighted by Crippen LogP contribution is -2.37. The summed E-state index contributed by atoms with van der Waals surface area (Å²) in [6.07, 6.45) is 5.91. The zero-order valence-electron chi connectivity index (χ0n) is 10.3. The number of hydrogen-bond donors (Lipinski definition) is 1. The van der Waals surface area contributed by atoms with Crippen molar-refractivity contribution >= 4 is 0 Å². The fourth-order valence-corrected chi connectivity index (χ4v) is 2.84. The third-order valence-electron chi connectivity index (χ3n) is 3.97. The maximum Gasteiger partial charge on any atom is 0.147 e. The van der Waals surface area contributed by atoms with Crippen molar-refractivity contribution in [2.45, 2.75) is 32.4 Å². The van der Waals surface area contributed by atoms with Crippen LogP contribution >= 0.6 is 0 Å². The lowest BCUT2D eigenvalue weighted by molar-refractivity contribution is 0.194. The van der Waals surface area contributed by atoms with Gasteiger partial charge in [0.25, 0.3) is 0 Å². The standard InChI is InChI=1S/C12H21N5/c1-2-11(8-13-4-1)3-5-16-6-7-17-10-14-15-12(17)9-16/h10-11,13H,1-9H2. The highest BCUT2D eigenvalue weighted by molar-refractivity contribution is 4.90. The van der Waals surface area contributed by atoms with E-state index in [1.165, 1.54) is 38.9 Å². The molecule has 1 aromatic rings. The predicted molar refractivity (Wildman–Crippen MR) is 65.5 cm³/mol. The van der Waals surface area contributed by atoms with Crippen molar-refractivity contribution in [1.29, 1.82) is 0 Å². The number of rotatable bonds is 3. The van der Waals surface area contributed by atoms with Gasteiger partial charge in [0.1, 0.15) is 12.2 Å². The van der Waals surface area contributed by atoms with E-state index < -0.39 is 0 Å². The van der Waals surface area contributed by atoms with E-state index in [4.69, 9.17) is 0 Å². The zero-order valence-corrected chi connectivity index (χ0v) is 10.3. The maximum absolute atomic E-state index is 4.16. The predicted octanol–water partition coefficient (Wildman–Crippen LogP) is 0.483. The minimum atomic E-state index is 0.878. The maximum atomic E-state index is 4.16. The average Bonchev–Trinajstić information content (AvgIpc) is 2.85. The molecule has 0 aromatic carbocycles. The molecule has 3 heterocycles. The Kier molecular flexibility index (Phi) is 3.38. The van der Waals surface area contributed by atoms with Crippen LogP contribution in [0.2, 0.25) is 0 Å². The first-order valence-corrected chi connectivity index (χ1v) is 6.71. The van der Waals surface area contributed by atoms with Crippen molar-refractivity contribution in [3.8, 4) is 0 Å². The smallest absolute Gasteiger partial charge is 0.147 e. The normalized spacial score (nSPS) is 25.8. The van der Waals surface area contributed by atoms with Crippen LogP contribution in [-0.2, 0) is 13.1 Å². The van der Waals surface area contributed by atoms with E-state index in [9.17, 15) is 0 Å². The van der Waals surface area contributed by atoms with Gasteiger partial charge in [-0.1, -0.05) is 0 Å². The van der Waals surface area contributed by atoms with Gasteiger partial charge < -0.3 is 9.88 Å². The third-order valence-corrected chi connectivity index (χ3v) is 3.97. The van der Waals surface area contributed by atoms with Crippen LogP contribution < -0.4 is 5.32 Å². The van der Waals surface area contributed by atoms with Gasteiger partial charge in [-0.15, -0.1) is 10.2 Å². The fourth-order valence-electron chi connectivity index (χ4n) is 2.84. The van der Waals surface area contributed by atoms with Crippen LogP contribution in [0.4, 0.5) is 0 Å². The van der Waals surface area contributed by atoms with E-state index in [0.717, 1.165) is 31.4 Å². The van der Waals surface area contributed by atoms with Crippen LogP contribution in [0.1, 0.15) is 25.1 Å². The lowest BCUT2D eigenvalue weighted by atomic mass is 9.96. The molecule has 5 nitrogen and oxygen atoms in total. The number of nitrogens with one attached hydrogen (secondary N) is 1. The molecule has 1 fully saturated rings. The van der Waals surface area contributed by atoms with Crippen LogP contribution in [0, 0.1) is 5.92 Å². The highest BCUT2D eigenvalue weighted by Gasteiger charge is 2.19. The second-order valence-electron chi connectivity index (χ2n) is 5.22. The quantitative estimate of drug-likeness (QED) is 0.828. The van der Waals surface area contributed by atoms with Crippen LogP contribution in [0.25, 0.3) is 0 Å². The summed E-state index contributed by atoms with van der Waals surface area (Å²) in [7, 11) is 0. The van der Waals surface area contributed by atoms with E-state index in [1.807, 2.05) is 6.33 Å². The Hall–Kier alpha value is -0.940. The minimum Gasteiger partial charge on any atom is -0.316 e. The van der Waals surface area contributed by atoms with Crippen molar-refractivity contribution in [3.05, 3.63) is 12.2 Å². The number of aromatic nitrogens is 3. The van der Waals surface area contributed by atoms with E-state index >= 15 is 0 Å². The molecular weight excluding hydrogens is 214 g/mol. The molecule has 0 amide bonds. The summed E-state index contributed by atoms with van der Waals surface area (Å²) in [5.41, 5.74) is 0. The van der Waals surface area contributed by atoms with Gasteiger partial charge in [0, 0.05) is 13.1 Å². The number of nitrogens with zero attached hydrogens (tertiary/aromatic N) is 4. The topological polar surface area (TPSA) is 46.0 Å². The van der Waals surface area contributed by atoms with E-state index in [1.54, 1.807) is 0 Å². The summed E-state index contributed by atoms with van der Waals surface area (Å²) >= 11 is 0. The molecule has 0 bridgehead atoms. The Morgan fingerprint density at radius 3 is 3.29 bits per heavy atom. The Morgan fingerprint density at radius 1 is 1.41 bits per heavy atom. The molecule has 1 unspecified atom stereocenters. The Labute approximate surface area is 102 Å². The minimum absolute atomic E-state index is 0.878. The first-order valence-electron chi connectivity index (χ1n) is 6.71. The molecule has 0 spiro atoms. The van der Waals surface area contributed by atoms with Crippen molar-refractivity contribution in [2.75, 3.05) is 26.2 Å². The third kappa shape index (κ3) is 2.66. The average molecular weight is 235 g/mol. The molecular formula is C12H21N5. The summed E-state index contributed by atoms with van der Waals surface area (Å²) in [6, 6.07) is 0. The molecule has 2 aliphatic rings. The second kappa shape index (κ2) is 5.14. The molecule has 0 radical (unpaired) electrons. The molecule has 3 rings (SSSR count). The molecule has 1 aromatic heterocycles. The second-order valence-corrected chi connectivity index (χ2v) is 5.22. The SMILES string of the molecule is c1nnc2n1CCN(CCC1CCCNC1)C2. The monoisotopic (exact) mass is 235 g/mol. The summed E-state index contributed by atoms with van der Waals surface area (Å²) < 4.78 is 2.17. The van der Waals surface area contributed by atoms with Crippen LogP contribution in [-0.4, -0.2) is 45.8 Å². The number of piperidine rings is 1. The molecule has 1 atom stereocenters. The highest BCUT2D eigenvalue weighted by atomic mass is 15.3. The highest BCUT2D eigenvalue weighted by Crippen LogP contribution is 2.16. The van der Waals surface area contributed by atoms with Crippen molar-refractivity contribution in [3.63, 3.8) is 0 Å². The van der Waals surface area contributed by atoms with Gasteiger partial charge in [-0.3, -0.25) is 4.90 Å². The Morgan fingerprint density at radius 2 is 2.41 bits per heavy atom. The fraction of sp³-hybridized carbons (Fsp3) is 0.833. The molecule has 1 saturated heterocycles. The van der Waals surface area contributed by atoms with Gasteiger partial charge in [0.05, 0.1) is 6.54 Å². The number of fused-ring (bicyclic) bond motifs is 1. The van der Waals surface area contributed by atoms with Crippen LogP contribution in [0.15, 0.2) is 6.33 Å². The van der Waals surface area contributed by atoms with E-state index in [2.05, 4.69) is 25.0 Å². The zero-order chi connectivity index (χ0) is 11.5. The van der Waals surface area contributed by atoms with Gasteiger partial charge in [-0.2, -0.15) is 0 Å². The Balaban J connectivity index is 1.47. The molecule has 5 heteroatoms. The van der Waals surface area contributed by atoms with Crippen molar-refractivity contribution in [2.24, 2.45) is 5.92 Å². The summed E-state index contributed by atoms with van der Waals surface area (Å²) in [5.74, 6) is 2.00. The molecule has 0 saturated carbocycles. The largest absolute Gasteiger partial charge is 0.316 e. The van der Waals surface area contributed by atoms with E-state index in [-0.39, 0.29) is 0 Å². The lowest BCUT2D eigenvalue weighted by Gasteiger charge is -2.29. The van der Waals surface area contributed by atoms with Gasteiger partial charge in [0.2, 0.25) is 0 Å². The van der Waals surface area contributed by atoms with Crippen LogP contribution in [0.3, 0.4) is 0 Å².